The highest BCUT2D eigenvalue weighted by molar-refractivity contribution is 6.00. The van der Waals surface area contributed by atoms with Crippen LogP contribution in [0.1, 0.15) is 30.9 Å². The van der Waals surface area contributed by atoms with E-state index < -0.39 is 0 Å². The lowest BCUT2D eigenvalue weighted by molar-refractivity contribution is -0.120. The van der Waals surface area contributed by atoms with Crippen LogP contribution in [0.5, 0.6) is 0 Å². The maximum absolute atomic E-state index is 12.8. The van der Waals surface area contributed by atoms with E-state index >= 15 is 0 Å². The van der Waals surface area contributed by atoms with Gasteiger partial charge in [0.1, 0.15) is 0 Å². The van der Waals surface area contributed by atoms with Crippen molar-refractivity contribution in [1.29, 1.82) is 0 Å². The number of pyridine rings is 1. The van der Waals surface area contributed by atoms with Crippen molar-refractivity contribution in [2.75, 3.05) is 23.9 Å². The quantitative estimate of drug-likeness (QED) is 0.879. The average Bonchev–Trinajstić information content (AvgIpc) is 2.62. The van der Waals surface area contributed by atoms with E-state index in [1.165, 1.54) is 5.56 Å². The van der Waals surface area contributed by atoms with Crippen LogP contribution >= 0.6 is 0 Å². The number of amides is 1. The monoisotopic (exact) mass is 339 g/mol. The van der Waals surface area contributed by atoms with E-state index in [0.717, 1.165) is 16.9 Å². The van der Waals surface area contributed by atoms with Gasteiger partial charge in [-0.1, -0.05) is 32.0 Å². The SMILES string of the molecule is CC(C)[C@H](CO)Nc1cncc(C2Cc3ccccc3N(C)C2=O)c1. The second-order valence-corrected chi connectivity index (χ2v) is 6.97. The molecule has 3 rings (SSSR count). The fraction of sp³-hybridized carbons (Fsp3) is 0.400. The Morgan fingerprint density at radius 3 is 2.80 bits per heavy atom. The number of carbonyl (C=O) groups excluding carboxylic acids is 1. The van der Waals surface area contributed by atoms with E-state index in [1.807, 2.05) is 31.3 Å². The van der Waals surface area contributed by atoms with Crippen LogP contribution in [0.15, 0.2) is 42.7 Å². The van der Waals surface area contributed by atoms with Gasteiger partial charge < -0.3 is 15.3 Å². The van der Waals surface area contributed by atoms with Crippen molar-refractivity contribution in [2.45, 2.75) is 32.2 Å². The molecular weight excluding hydrogens is 314 g/mol. The van der Waals surface area contributed by atoms with Gasteiger partial charge in [0.2, 0.25) is 5.91 Å². The molecule has 0 saturated heterocycles. The van der Waals surface area contributed by atoms with Crippen molar-refractivity contribution < 1.29 is 9.90 Å². The third-order valence-electron chi connectivity index (χ3n) is 4.92. The maximum atomic E-state index is 12.8. The van der Waals surface area contributed by atoms with Crippen molar-refractivity contribution in [2.24, 2.45) is 5.92 Å². The van der Waals surface area contributed by atoms with E-state index in [9.17, 15) is 9.90 Å². The number of aliphatic hydroxyl groups is 1. The highest BCUT2D eigenvalue weighted by Crippen LogP contribution is 2.35. The first kappa shape index (κ1) is 17.4. The summed E-state index contributed by atoms with van der Waals surface area (Å²) in [5.74, 6) is 0.143. The van der Waals surface area contributed by atoms with Crippen LogP contribution in [-0.2, 0) is 11.2 Å². The van der Waals surface area contributed by atoms with Crippen LogP contribution in [0.2, 0.25) is 0 Å². The van der Waals surface area contributed by atoms with Crippen molar-refractivity contribution in [1.82, 2.24) is 4.98 Å². The molecule has 0 aliphatic carbocycles. The molecule has 132 valence electrons. The van der Waals surface area contributed by atoms with Gasteiger partial charge >= 0.3 is 0 Å². The molecule has 0 spiro atoms. The Bertz CT molecular complexity index is 760. The Hall–Kier alpha value is -2.40. The number of likely N-dealkylation sites (N-methyl/N-ethyl adjacent to an activating group) is 1. The molecule has 0 radical (unpaired) electrons. The molecular formula is C20H25N3O2. The number of benzene rings is 1. The molecule has 1 aliphatic heterocycles. The molecule has 1 amide bonds. The highest BCUT2D eigenvalue weighted by Gasteiger charge is 2.31. The van der Waals surface area contributed by atoms with Crippen LogP contribution in [0.4, 0.5) is 11.4 Å². The lowest BCUT2D eigenvalue weighted by Gasteiger charge is -2.32. The van der Waals surface area contributed by atoms with Crippen molar-refractivity contribution in [3.63, 3.8) is 0 Å². The van der Waals surface area contributed by atoms with Gasteiger partial charge in [-0.3, -0.25) is 9.78 Å². The number of aromatic nitrogens is 1. The molecule has 5 nitrogen and oxygen atoms in total. The number of hydrogen-bond donors (Lipinski definition) is 2. The van der Waals surface area contributed by atoms with Gasteiger partial charge in [0.15, 0.2) is 0 Å². The number of nitrogens with zero attached hydrogens (tertiary/aromatic N) is 2. The van der Waals surface area contributed by atoms with Crippen LogP contribution in [-0.4, -0.2) is 35.7 Å². The second-order valence-electron chi connectivity index (χ2n) is 6.97. The third kappa shape index (κ3) is 3.51. The smallest absolute Gasteiger partial charge is 0.234 e. The van der Waals surface area contributed by atoms with Crippen LogP contribution < -0.4 is 10.2 Å². The molecule has 1 aromatic heterocycles. The van der Waals surface area contributed by atoms with E-state index in [2.05, 4.69) is 30.2 Å². The molecule has 2 heterocycles. The van der Waals surface area contributed by atoms with Crippen LogP contribution in [0.3, 0.4) is 0 Å². The van der Waals surface area contributed by atoms with Crippen LogP contribution in [0.25, 0.3) is 0 Å². The predicted octanol–water partition coefficient (Wildman–Crippen LogP) is 2.81. The maximum Gasteiger partial charge on any atom is 0.234 e. The van der Waals surface area contributed by atoms with Crippen molar-refractivity contribution >= 4 is 17.3 Å². The number of hydrogen-bond acceptors (Lipinski definition) is 4. The van der Waals surface area contributed by atoms with Crippen molar-refractivity contribution in [3.8, 4) is 0 Å². The largest absolute Gasteiger partial charge is 0.394 e. The fourth-order valence-electron chi connectivity index (χ4n) is 3.30. The van der Waals surface area contributed by atoms with Crippen molar-refractivity contribution in [3.05, 3.63) is 53.9 Å². The lowest BCUT2D eigenvalue weighted by atomic mass is 9.87. The summed E-state index contributed by atoms with van der Waals surface area (Å²) in [5, 5.41) is 12.8. The molecule has 2 N–H and O–H groups in total. The molecule has 0 fully saturated rings. The predicted molar refractivity (Wildman–Crippen MR) is 99.9 cm³/mol. The third-order valence-corrected chi connectivity index (χ3v) is 4.92. The molecule has 0 bridgehead atoms. The van der Waals surface area contributed by atoms with Gasteiger partial charge in [-0.15, -0.1) is 0 Å². The first-order chi connectivity index (χ1) is 12.0. The van der Waals surface area contributed by atoms with Crippen LogP contribution in [0, 0.1) is 5.92 Å². The summed E-state index contributed by atoms with van der Waals surface area (Å²) in [6, 6.07) is 9.94. The number of nitrogens with one attached hydrogen (secondary N) is 1. The van der Waals surface area contributed by atoms with Gasteiger partial charge in [0.25, 0.3) is 0 Å². The summed E-state index contributed by atoms with van der Waals surface area (Å²) in [7, 11) is 1.82. The number of aliphatic hydroxyl groups excluding tert-OH is 1. The summed E-state index contributed by atoms with van der Waals surface area (Å²) in [4.78, 5) is 18.9. The topological polar surface area (TPSA) is 65.5 Å². The standard InChI is InChI=1S/C20H25N3O2/c1-13(2)18(12-24)22-16-8-15(10-21-11-16)17-9-14-6-4-5-7-19(14)23(3)20(17)25/h4-8,10-11,13,17-18,22,24H,9,12H2,1-3H3/t17?,18-/m0/s1. The molecule has 25 heavy (non-hydrogen) atoms. The van der Waals surface area contributed by atoms with E-state index in [1.54, 1.807) is 17.3 Å². The summed E-state index contributed by atoms with van der Waals surface area (Å²) >= 11 is 0. The first-order valence-corrected chi connectivity index (χ1v) is 8.69. The Kier molecular flexibility index (Phi) is 5.04. The van der Waals surface area contributed by atoms with Gasteiger partial charge in [-0.25, -0.2) is 0 Å². The minimum absolute atomic E-state index is 0.0393. The molecule has 1 aromatic carbocycles. The molecule has 5 heteroatoms. The molecule has 0 saturated carbocycles. The normalized spacial score (nSPS) is 18.2. The van der Waals surface area contributed by atoms with Gasteiger partial charge in [-0.2, -0.15) is 0 Å². The van der Waals surface area contributed by atoms with Gasteiger partial charge in [0.05, 0.1) is 24.3 Å². The molecule has 1 unspecified atom stereocenters. The minimum Gasteiger partial charge on any atom is -0.394 e. The number of anilines is 2. The molecule has 1 aliphatic rings. The number of rotatable bonds is 5. The van der Waals surface area contributed by atoms with Gasteiger partial charge in [-0.05, 0) is 35.6 Å². The van der Waals surface area contributed by atoms with E-state index in [-0.39, 0.29) is 24.5 Å². The highest BCUT2D eigenvalue weighted by atomic mass is 16.3. The summed E-state index contributed by atoms with van der Waals surface area (Å²) in [5.41, 5.74) is 3.88. The Morgan fingerprint density at radius 2 is 2.08 bits per heavy atom. The summed E-state index contributed by atoms with van der Waals surface area (Å²) < 4.78 is 0. The Labute approximate surface area is 148 Å². The fourth-order valence-corrected chi connectivity index (χ4v) is 3.30. The minimum atomic E-state index is -0.235. The van der Waals surface area contributed by atoms with Gasteiger partial charge in [0, 0.05) is 25.1 Å². The zero-order chi connectivity index (χ0) is 18.0. The average molecular weight is 339 g/mol. The Balaban J connectivity index is 1.87. The Morgan fingerprint density at radius 1 is 1.32 bits per heavy atom. The molecule has 2 atom stereocenters. The number of para-hydroxylation sites is 1. The first-order valence-electron chi connectivity index (χ1n) is 8.69. The summed E-state index contributed by atoms with van der Waals surface area (Å²) in [6.45, 7) is 4.17. The second kappa shape index (κ2) is 7.23. The van der Waals surface area contributed by atoms with E-state index in [0.29, 0.717) is 12.3 Å². The van der Waals surface area contributed by atoms with E-state index in [4.69, 9.17) is 0 Å². The number of carbonyl (C=O) groups is 1. The zero-order valence-corrected chi connectivity index (χ0v) is 14.9. The zero-order valence-electron chi connectivity index (χ0n) is 14.9. The number of fused-ring (bicyclic) bond motifs is 1. The lowest BCUT2D eigenvalue weighted by Crippen LogP contribution is -2.37. The molecule has 2 aromatic rings. The summed E-state index contributed by atoms with van der Waals surface area (Å²) in [6.07, 6.45) is 4.18.